The summed E-state index contributed by atoms with van der Waals surface area (Å²) in [6.45, 7) is 3.74. The summed E-state index contributed by atoms with van der Waals surface area (Å²) in [5.41, 5.74) is 1.99. The summed E-state index contributed by atoms with van der Waals surface area (Å²) in [6, 6.07) is 17.2. The third-order valence-electron chi connectivity index (χ3n) is 5.04. The van der Waals surface area contributed by atoms with E-state index in [2.05, 4.69) is 15.3 Å². The van der Waals surface area contributed by atoms with Crippen LogP contribution in [0.1, 0.15) is 40.9 Å². The second-order valence-electron chi connectivity index (χ2n) is 8.09. The van der Waals surface area contributed by atoms with Crippen LogP contribution in [0.4, 0.5) is 0 Å². The van der Waals surface area contributed by atoms with Gasteiger partial charge in [-0.3, -0.25) is 4.79 Å². The molecule has 3 aromatic rings. The van der Waals surface area contributed by atoms with Gasteiger partial charge in [0.2, 0.25) is 12.2 Å². The zero-order valence-electron chi connectivity index (χ0n) is 18.4. The first-order valence-corrected chi connectivity index (χ1v) is 10.5. The number of hydrogen-bond acceptors (Lipinski definition) is 7. The van der Waals surface area contributed by atoms with E-state index in [4.69, 9.17) is 14.2 Å². The van der Waals surface area contributed by atoms with Crippen LogP contribution in [0.25, 0.3) is 0 Å². The lowest BCUT2D eigenvalue weighted by Gasteiger charge is -2.18. The van der Waals surface area contributed by atoms with Crippen LogP contribution in [-0.2, 0) is 28.0 Å². The molecular formula is C25H25N3O5. The molecule has 2 aromatic carbocycles. The predicted molar refractivity (Wildman–Crippen MR) is 120 cm³/mol. The Hall–Kier alpha value is -3.91. The van der Waals surface area contributed by atoms with E-state index in [9.17, 15) is 9.90 Å². The van der Waals surface area contributed by atoms with Gasteiger partial charge in [0.15, 0.2) is 6.26 Å². The minimum Gasteiger partial charge on any atom is -0.455 e. The first-order chi connectivity index (χ1) is 15.9. The minimum atomic E-state index is -0.920. The molecule has 0 saturated carbocycles. The van der Waals surface area contributed by atoms with Crippen LogP contribution in [0.5, 0.6) is 5.88 Å². The molecule has 0 fully saturated rings. The van der Waals surface area contributed by atoms with Crippen LogP contribution in [-0.4, -0.2) is 27.3 Å². The standard InChI is InChI=1S/C25H25N3O5/c1-25(2,30)19-10-8-18(9-11-19)13-27-23(29)20-14-26-16-28-24(20)33-22-15-31-21(32-22)12-17-6-4-3-5-7-17/h3-11,14-16,21,30H,12-13H2,1-2H3,(H,27,29). The van der Waals surface area contributed by atoms with Crippen molar-refractivity contribution in [3.05, 3.63) is 102 Å². The fourth-order valence-corrected chi connectivity index (χ4v) is 3.22. The summed E-state index contributed by atoms with van der Waals surface area (Å²) in [4.78, 5) is 20.7. The number of benzene rings is 2. The monoisotopic (exact) mass is 447 g/mol. The second-order valence-corrected chi connectivity index (χ2v) is 8.09. The summed E-state index contributed by atoms with van der Waals surface area (Å²) in [5.74, 6) is -0.210. The number of rotatable bonds is 8. The molecule has 1 unspecified atom stereocenters. The van der Waals surface area contributed by atoms with Crippen molar-refractivity contribution >= 4 is 5.91 Å². The van der Waals surface area contributed by atoms with Gasteiger partial charge in [0.05, 0.1) is 5.60 Å². The maximum atomic E-state index is 12.7. The summed E-state index contributed by atoms with van der Waals surface area (Å²) in [5, 5.41) is 12.9. The van der Waals surface area contributed by atoms with E-state index >= 15 is 0 Å². The van der Waals surface area contributed by atoms with Crippen molar-refractivity contribution in [3.8, 4) is 5.88 Å². The Bertz CT molecular complexity index is 1120. The van der Waals surface area contributed by atoms with E-state index in [0.717, 1.165) is 16.7 Å². The Labute approximate surface area is 191 Å². The van der Waals surface area contributed by atoms with Crippen LogP contribution in [0, 0.1) is 0 Å². The average molecular weight is 447 g/mol. The smallest absolute Gasteiger partial charge is 0.325 e. The summed E-state index contributed by atoms with van der Waals surface area (Å²) in [6.07, 6.45) is 4.06. The fourth-order valence-electron chi connectivity index (χ4n) is 3.22. The number of aromatic nitrogens is 2. The van der Waals surface area contributed by atoms with E-state index in [0.29, 0.717) is 13.0 Å². The van der Waals surface area contributed by atoms with E-state index < -0.39 is 17.8 Å². The third-order valence-corrected chi connectivity index (χ3v) is 5.04. The first-order valence-electron chi connectivity index (χ1n) is 10.5. The molecule has 0 saturated heterocycles. The summed E-state index contributed by atoms with van der Waals surface area (Å²) in [7, 11) is 0. The Morgan fingerprint density at radius 1 is 1.12 bits per heavy atom. The molecule has 0 spiro atoms. The molecule has 0 bridgehead atoms. The molecule has 1 atom stereocenters. The number of carbonyl (C=O) groups is 1. The van der Waals surface area contributed by atoms with Crippen molar-refractivity contribution in [1.29, 1.82) is 0 Å². The maximum absolute atomic E-state index is 12.7. The molecule has 0 radical (unpaired) electrons. The van der Waals surface area contributed by atoms with Crippen molar-refractivity contribution in [2.24, 2.45) is 0 Å². The molecule has 33 heavy (non-hydrogen) atoms. The van der Waals surface area contributed by atoms with Crippen molar-refractivity contribution in [1.82, 2.24) is 15.3 Å². The van der Waals surface area contributed by atoms with E-state index in [1.807, 2.05) is 54.6 Å². The second kappa shape index (κ2) is 9.70. The number of amides is 1. The van der Waals surface area contributed by atoms with Crippen LogP contribution in [0.3, 0.4) is 0 Å². The van der Waals surface area contributed by atoms with Gasteiger partial charge in [0.25, 0.3) is 5.91 Å². The van der Waals surface area contributed by atoms with Gasteiger partial charge in [-0.05, 0) is 30.5 Å². The van der Waals surface area contributed by atoms with Gasteiger partial charge in [0, 0.05) is 19.2 Å². The third kappa shape index (κ3) is 5.87. The molecular weight excluding hydrogens is 422 g/mol. The predicted octanol–water partition coefficient (Wildman–Crippen LogP) is 3.43. The molecule has 0 aliphatic carbocycles. The van der Waals surface area contributed by atoms with Crippen molar-refractivity contribution in [3.63, 3.8) is 0 Å². The van der Waals surface area contributed by atoms with E-state index in [-0.39, 0.29) is 17.4 Å². The molecule has 4 rings (SSSR count). The van der Waals surface area contributed by atoms with Gasteiger partial charge in [-0.15, -0.1) is 0 Å². The topological polar surface area (TPSA) is 103 Å². The SMILES string of the molecule is CC(C)(O)c1ccc(CNC(=O)c2cncnc2OC2=COC(Cc3ccccc3)O2)cc1. The van der Waals surface area contributed by atoms with Crippen LogP contribution in [0.2, 0.25) is 0 Å². The highest BCUT2D eigenvalue weighted by Crippen LogP contribution is 2.23. The Balaban J connectivity index is 1.35. The van der Waals surface area contributed by atoms with Gasteiger partial charge >= 0.3 is 5.95 Å². The lowest BCUT2D eigenvalue weighted by atomic mass is 9.97. The maximum Gasteiger partial charge on any atom is 0.325 e. The molecule has 1 aromatic heterocycles. The Morgan fingerprint density at radius 2 is 1.88 bits per heavy atom. The number of nitrogens with zero attached hydrogens (tertiary/aromatic N) is 2. The molecule has 1 amide bonds. The number of aliphatic hydroxyl groups is 1. The number of nitrogens with one attached hydrogen (secondary N) is 1. The van der Waals surface area contributed by atoms with Crippen molar-refractivity contribution < 1.29 is 24.1 Å². The lowest BCUT2D eigenvalue weighted by Crippen LogP contribution is -2.24. The molecule has 8 nitrogen and oxygen atoms in total. The van der Waals surface area contributed by atoms with Crippen LogP contribution < -0.4 is 10.1 Å². The highest BCUT2D eigenvalue weighted by atomic mass is 16.8. The molecule has 8 heteroatoms. The molecule has 170 valence electrons. The largest absolute Gasteiger partial charge is 0.455 e. The Morgan fingerprint density at radius 3 is 2.61 bits per heavy atom. The minimum absolute atomic E-state index is 0.0649. The van der Waals surface area contributed by atoms with Crippen LogP contribution >= 0.6 is 0 Å². The van der Waals surface area contributed by atoms with Gasteiger partial charge in [-0.2, -0.15) is 0 Å². The van der Waals surface area contributed by atoms with Crippen molar-refractivity contribution in [2.45, 2.75) is 38.7 Å². The number of ether oxygens (including phenoxy) is 3. The zero-order chi connectivity index (χ0) is 23.3. The summed E-state index contributed by atoms with van der Waals surface area (Å²) >= 11 is 0. The van der Waals surface area contributed by atoms with Gasteiger partial charge in [-0.1, -0.05) is 54.6 Å². The molecule has 2 heterocycles. The first kappa shape index (κ1) is 22.3. The zero-order valence-corrected chi connectivity index (χ0v) is 18.4. The van der Waals surface area contributed by atoms with Crippen LogP contribution in [0.15, 0.2) is 79.3 Å². The van der Waals surface area contributed by atoms with Crippen molar-refractivity contribution in [2.75, 3.05) is 0 Å². The number of hydrogen-bond donors (Lipinski definition) is 2. The normalized spacial score (nSPS) is 15.2. The highest BCUT2D eigenvalue weighted by Gasteiger charge is 2.24. The summed E-state index contributed by atoms with van der Waals surface area (Å²) < 4.78 is 16.9. The Kier molecular flexibility index (Phi) is 6.55. The molecule has 2 N–H and O–H groups in total. The molecule has 1 aliphatic heterocycles. The van der Waals surface area contributed by atoms with E-state index in [1.165, 1.54) is 18.8 Å². The van der Waals surface area contributed by atoms with E-state index in [1.54, 1.807) is 13.8 Å². The number of carbonyl (C=O) groups excluding carboxylic acids is 1. The quantitative estimate of drug-likeness (QED) is 0.545. The lowest BCUT2D eigenvalue weighted by molar-refractivity contribution is -0.0525. The highest BCUT2D eigenvalue weighted by molar-refractivity contribution is 5.96. The molecule has 1 aliphatic rings. The van der Waals surface area contributed by atoms with Gasteiger partial charge in [0.1, 0.15) is 11.9 Å². The fraction of sp³-hybridized carbons (Fsp3) is 0.240. The van der Waals surface area contributed by atoms with Gasteiger partial charge < -0.3 is 24.6 Å². The van der Waals surface area contributed by atoms with Gasteiger partial charge in [-0.25, -0.2) is 9.97 Å². The average Bonchev–Trinajstić information content (AvgIpc) is 3.25.